The first kappa shape index (κ1) is 13.8. The van der Waals surface area contributed by atoms with Gasteiger partial charge in [-0.25, -0.2) is 13.1 Å². The Morgan fingerprint density at radius 2 is 1.94 bits per heavy atom. The summed E-state index contributed by atoms with van der Waals surface area (Å²) in [5.74, 6) is 1.04. The lowest BCUT2D eigenvalue weighted by atomic mass is 10.1. The van der Waals surface area contributed by atoms with Gasteiger partial charge in [0, 0.05) is 17.8 Å². The van der Waals surface area contributed by atoms with Gasteiger partial charge in [0.15, 0.2) is 0 Å². The van der Waals surface area contributed by atoms with Gasteiger partial charge >= 0.3 is 0 Å². The summed E-state index contributed by atoms with van der Waals surface area (Å²) < 4.78 is 26.3. The van der Waals surface area contributed by atoms with Crippen LogP contribution in [0, 0.1) is 0 Å². The van der Waals surface area contributed by atoms with Gasteiger partial charge in [0.05, 0.1) is 5.75 Å². The van der Waals surface area contributed by atoms with E-state index in [0.717, 1.165) is 12.8 Å². The number of nitrogens with one attached hydrogen (secondary N) is 1. The smallest absolute Gasteiger partial charge is 0.211 e. The molecule has 0 saturated heterocycles. The van der Waals surface area contributed by atoms with Gasteiger partial charge in [-0.1, -0.05) is 30.3 Å². The maximum absolute atomic E-state index is 11.8. The third kappa shape index (κ3) is 3.97. The van der Waals surface area contributed by atoms with Gasteiger partial charge < -0.3 is 0 Å². The van der Waals surface area contributed by atoms with Crippen LogP contribution in [0.15, 0.2) is 30.3 Å². The summed E-state index contributed by atoms with van der Waals surface area (Å²) in [4.78, 5) is 0. The molecule has 1 aromatic carbocycles. The normalized spacial score (nSPS) is 22.9. The highest BCUT2D eigenvalue weighted by atomic mass is 35.5. The van der Waals surface area contributed by atoms with Crippen molar-refractivity contribution in [1.29, 1.82) is 0 Å². The SMILES string of the molecule is O=S(=O)(CCCCCl)NC1CC1c1ccccc1. The van der Waals surface area contributed by atoms with Gasteiger partial charge in [-0.3, -0.25) is 0 Å². The topological polar surface area (TPSA) is 46.2 Å². The van der Waals surface area contributed by atoms with Crippen LogP contribution in [0.4, 0.5) is 0 Å². The van der Waals surface area contributed by atoms with Gasteiger partial charge in [-0.05, 0) is 24.8 Å². The van der Waals surface area contributed by atoms with E-state index in [-0.39, 0.29) is 11.8 Å². The predicted octanol–water partition coefficient (Wildman–Crippen LogP) is 2.48. The first-order valence-electron chi connectivity index (χ1n) is 6.23. The van der Waals surface area contributed by atoms with Gasteiger partial charge in [0.2, 0.25) is 10.0 Å². The Labute approximate surface area is 114 Å². The van der Waals surface area contributed by atoms with Gasteiger partial charge in [0.1, 0.15) is 0 Å². The molecule has 1 N–H and O–H groups in total. The molecule has 2 rings (SSSR count). The van der Waals surface area contributed by atoms with Crippen molar-refractivity contribution in [1.82, 2.24) is 4.72 Å². The first-order chi connectivity index (χ1) is 8.62. The van der Waals surface area contributed by atoms with Crippen LogP contribution in [0.5, 0.6) is 0 Å². The van der Waals surface area contributed by atoms with E-state index in [1.807, 2.05) is 30.3 Å². The highest BCUT2D eigenvalue weighted by Crippen LogP contribution is 2.40. The zero-order valence-electron chi connectivity index (χ0n) is 10.2. The summed E-state index contributed by atoms with van der Waals surface area (Å²) >= 11 is 5.54. The Morgan fingerprint density at radius 1 is 1.22 bits per heavy atom. The maximum Gasteiger partial charge on any atom is 0.211 e. The Morgan fingerprint density at radius 3 is 2.61 bits per heavy atom. The quantitative estimate of drug-likeness (QED) is 0.619. The van der Waals surface area contributed by atoms with Crippen LogP contribution in [0.2, 0.25) is 0 Å². The molecule has 5 heteroatoms. The fourth-order valence-electron chi connectivity index (χ4n) is 2.07. The Balaban J connectivity index is 1.82. The molecule has 100 valence electrons. The molecular formula is C13H18ClNO2S. The summed E-state index contributed by atoms with van der Waals surface area (Å²) in [5, 5.41) is 0. The van der Waals surface area contributed by atoms with E-state index in [1.54, 1.807) is 0 Å². The summed E-state index contributed by atoms with van der Waals surface area (Å²) in [6.45, 7) is 0. The fraction of sp³-hybridized carbons (Fsp3) is 0.538. The van der Waals surface area contributed by atoms with E-state index in [9.17, 15) is 8.42 Å². The minimum atomic E-state index is -3.14. The number of hydrogen-bond donors (Lipinski definition) is 1. The van der Waals surface area contributed by atoms with Crippen LogP contribution >= 0.6 is 11.6 Å². The zero-order valence-corrected chi connectivity index (χ0v) is 11.8. The lowest BCUT2D eigenvalue weighted by Gasteiger charge is -2.05. The Bertz CT molecular complexity index is 475. The molecule has 1 aliphatic rings. The average molecular weight is 288 g/mol. The van der Waals surface area contributed by atoms with Gasteiger partial charge in [0.25, 0.3) is 0 Å². The van der Waals surface area contributed by atoms with Crippen LogP contribution in [-0.4, -0.2) is 26.1 Å². The average Bonchev–Trinajstić information content (AvgIpc) is 3.09. The summed E-state index contributed by atoms with van der Waals surface area (Å²) in [7, 11) is -3.14. The molecule has 0 amide bonds. The fourth-order valence-corrected chi connectivity index (χ4v) is 3.68. The molecule has 2 atom stereocenters. The number of rotatable bonds is 7. The molecule has 1 fully saturated rings. The molecule has 0 heterocycles. The lowest BCUT2D eigenvalue weighted by Crippen LogP contribution is -2.29. The molecule has 0 spiro atoms. The summed E-state index contributed by atoms with van der Waals surface area (Å²) in [6.07, 6.45) is 2.27. The second-order valence-electron chi connectivity index (χ2n) is 4.69. The molecule has 1 aromatic rings. The van der Waals surface area contributed by atoms with E-state index >= 15 is 0 Å². The molecule has 2 unspecified atom stereocenters. The molecule has 1 saturated carbocycles. The molecule has 1 aliphatic carbocycles. The van der Waals surface area contributed by atoms with E-state index < -0.39 is 10.0 Å². The van der Waals surface area contributed by atoms with E-state index in [2.05, 4.69) is 4.72 Å². The molecule has 18 heavy (non-hydrogen) atoms. The van der Waals surface area contributed by atoms with Crippen molar-refractivity contribution >= 4 is 21.6 Å². The lowest BCUT2D eigenvalue weighted by molar-refractivity contribution is 0.576. The third-order valence-corrected chi connectivity index (χ3v) is 4.90. The van der Waals surface area contributed by atoms with Crippen LogP contribution in [-0.2, 0) is 10.0 Å². The number of benzene rings is 1. The van der Waals surface area contributed by atoms with Crippen molar-refractivity contribution in [2.24, 2.45) is 0 Å². The number of hydrogen-bond acceptors (Lipinski definition) is 2. The van der Waals surface area contributed by atoms with E-state index in [1.165, 1.54) is 5.56 Å². The summed E-state index contributed by atoms with van der Waals surface area (Å²) in [5.41, 5.74) is 1.21. The molecule has 0 aromatic heterocycles. The third-order valence-electron chi connectivity index (χ3n) is 3.15. The highest BCUT2D eigenvalue weighted by Gasteiger charge is 2.40. The standard InChI is InChI=1S/C13H18ClNO2S/c14-8-4-5-9-18(16,17)15-13-10-12(13)11-6-2-1-3-7-11/h1-3,6-7,12-13,15H,4-5,8-10H2. The van der Waals surface area contributed by atoms with Crippen molar-refractivity contribution in [3.05, 3.63) is 35.9 Å². The predicted molar refractivity (Wildman–Crippen MR) is 74.5 cm³/mol. The van der Waals surface area contributed by atoms with Gasteiger partial charge in [-0.2, -0.15) is 0 Å². The van der Waals surface area contributed by atoms with Crippen molar-refractivity contribution in [3.63, 3.8) is 0 Å². The van der Waals surface area contributed by atoms with Crippen molar-refractivity contribution in [2.75, 3.05) is 11.6 Å². The minimum Gasteiger partial charge on any atom is -0.212 e. The first-order valence-corrected chi connectivity index (χ1v) is 8.42. The minimum absolute atomic E-state index is 0.0772. The Kier molecular flexibility index (Phi) is 4.65. The second kappa shape index (κ2) is 6.04. The summed E-state index contributed by atoms with van der Waals surface area (Å²) in [6, 6.07) is 10.1. The number of alkyl halides is 1. The highest BCUT2D eigenvalue weighted by molar-refractivity contribution is 7.89. The van der Waals surface area contributed by atoms with E-state index in [4.69, 9.17) is 11.6 Å². The molecule has 0 radical (unpaired) electrons. The largest absolute Gasteiger partial charge is 0.212 e. The Hall–Kier alpha value is -0.580. The van der Waals surface area contributed by atoms with Crippen LogP contribution in [0.1, 0.15) is 30.7 Å². The molecular weight excluding hydrogens is 270 g/mol. The van der Waals surface area contributed by atoms with Gasteiger partial charge in [-0.15, -0.1) is 11.6 Å². The van der Waals surface area contributed by atoms with Crippen LogP contribution < -0.4 is 4.72 Å². The maximum atomic E-state index is 11.8. The number of sulfonamides is 1. The van der Waals surface area contributed by atoms with Crippen LogP contribution in [0.3, 0.4) is 0 Å². The van der Waals surface area contributed by atoms with Crippen molar-refractivity contribution in [2.45, 2.75) is 31.2 Å². The monoisotopic (exact) mass is 287 g/mol. The zero-order chi connectivity index (χ0) is 13.0. The van der Waals surface area contributed by atoms with E-state index in [0.29, 0.717) is 18.2 Å². The number of unbranched alkanes of at least 4 members (excludes halogenated alkanes) is 1. The molecule has 0 bridgehead atoms. The van der Waals surface area contributed by atoms with Crippen LogP contribution in [0.25, 0.3) is 0 Å². The molecule has 0 aliphatic heterocycles. The second-order valence-corrected chi connectivity index (χ2v) is 6.94. The number of halogens is 1. The molecule has 3 nitrogen and oxygen atoms in total. The van der Waals surface area contributed by atoms with Crippen molar-refractivity contribution in [3.8, 4) is 0 Å². The van der Waals surface area contributed by atoms with Crippen molar-refractivity contribution < 1.29 is 8.42 Å².